The van der Waals surface area contributed by atoms with E-state index in [0.717, 1.165) is 5.69 Å². The minimum Gasteiger partial charge on any atom is -0.346 e. The average Bonchev–Trinajstić information content (AvgIpc) is 2.73. The fraction of sp³-hybridized carbons (Fsp3) is 0.182. The largest absolute Gasteiger partial charge is 0.346 e. The number of nitrogens with one attached hydrogen (secondary N) is 1. The number of carbonyl (C=O) groups excluding carboxylic acids is 1. The lowest BCUT2D eigenvalue weighted by Crippen LogP contribution is -2.24. The molecule has 0 aromatic carbocycles. The highest BCUT2D eigenvalue weighted by molar-refractivity contribution is 9.10. The summed E-state index contributed by atoms with van der Waals surface area (Å²) in [5.74, 6) is -0.147. The zero-order valence-electron chi connectivity index (χ0n) is 9.22. The van der Waals surface area contributed by atoms with E-state index in [1.807, 2.05) is 13.1 Å². The summed E-state index contributed by atoms with van der Waals surface area (Å²) in [6, 6.07) is 5.31. The Morgan fingerprint density at radius 3 is 2.88 bits per heavy atom. The van der Waals surface area contributed by atoms with Gasteiger partial charge < -0.3 is 5.32 Å². The van der Waals surface area contributed by atoms with Crippen LogP contribution in [-0.2, 0) is 13.6 Å². The molecule has 0 aliphatic heterocycles. The number of amides is 1. The molecule has 2 aromatic heterocycles. The summed E-state index contributed by atoms with van der Waals surface area (Å²) >= 11 is 3.22. The van der Waals surface area contributed by atoms with Gasteiger partial charge in [0.1, 0.15) is 4.60 Å². The molecule has 2 aromatic rings. The second-order valence-electron chi connectivity index (χ2n) is 3.50. The predicted octanol–water partition coefficient (Wildman–Crippen LogP) is 1.51. The summed E-state index contributed by atoms with van der Waals surface area (Å²) in [6.45, 7) is 0.450. The molecule has 0 unspecified atom stereocenters. The van der Waals surface area contributed by atoms with Crippen LogP contribution in [0.2, 0.25) is 0 Å². The van der Waals surface area contributed by atoms with E-state index in [0.29, 0.717) is 16.7 Å². The van der Waals surface area contributed by atoms with Gasteiger partial charge in [-0.25, -0.2) is 4.98 Å². The van der Waals surface area contributed by atoms with Crippen molar-refractivity contribution in [3.8, 4) is 0 Å². The number of aromatic nitrogens is 3. The number of rotatable bonds is 3. The van der Waals surface area contributed by atoms with Gasteiger partial charge in [-0.2, -0.15) is 5.10 Å². The van der Waals surface area contributed by atoms with Crippen molar-refractivity contribution in [2.24, 2.45) is 7.05 Å². The lowest BCUT2D eigenvalue weighted by Gasteiger charge is -2.05. The van der Waals surface area contributed by atoms with E-state index in [4.69, 9.17) is 0 Å². The van der Waals surface area contributed by atoms with Crippen LogP contribution in [-0.4, -0.2) is 20.7 Å². The normalized spacial score (nSPS) is 10.2. The molecule has 6 heteroatoms. The first-order valence-electron chi connectivity index (χ1n) is 5.03. The quantitative estimate of drug-likeness (QED) is 0.873. The Labute approximate surface area is 107 Å². The topological polar surface area (TPSA) is 59.8 Å². The van der Waals surface area contributed by atoms with E-state index in [2.05, 4.69) is 31.3 Å². The maximum atomic E-state index is 11.8. The number of nitrogens with zero attached hydrogens (tertiary/aromatic N) is 3. The molecule has 0 saturated heterocycles. The molecular formula is C11H11BrN4O. The van der Waals surface area contributed by atoms with Crippen molar-refractivity contribution in [3.05, 3.63) is 46.5 Å². The minimum absolute atomic E-state index is 0.147. The van der Waals surface area contributed by atoms with Crippen LogP contribution in [0.3, 0.4) is 0 Å². The Bertz CT molecular complexity index is 521. The lowest BCUT2D eigenvalue weighted by atomic mass is 10.2. The lowest BCUT2D eigenvalue weighted by molar-refractivity contribution is 0.0949. The summed E-state index contributed by atoms with van der Waals surface area (Å²) < 4.78 is 2.43. The van der Waals surface area contributed by atoms with Crippen LogP contribution in [0.4, 0.5) is 0 Å². The molecule has 0 bridgehead atoms. The molecule has 2 rings (SSSR count). The van der Waals surface area contributed by atoms with Crippen LogP contribution in [0.1, 0.15) is 16.1 Å². The van der Waals surface area contributed by atoms with E-state index in [1.165, 1.54) is 6.20 Å². The molecule has 0 saturated carbocycles. The Balaban J connectivity index is 1.98. The molecule has 17 heavy (non-hydrogen) atoms. The third-order valence-corrected chi connectivity index (χ3v) is 2.81. The number of hydrogen-bond donors (Lipinski definition) is 1. The van der Waals surface area contributed by atoms with Gasteiger partial charge in [-0.05, 0) is 34.1 Å². The SMILES string of the molecule is Cn1nccc1CNC(=O)c1ccc(Br)nc1. The molecule has 0 spiro atoms. The van der Waals surface area contributed by atoms with Crippen LogP contribution in [0.25, 0.3) is 0 Å². The molecule has 2 heterocycles. The van der Waals surface area contributed by atoms with Gasteiger partial charge in [0.15, 0.2) is 0 Å². The van der Waals surface area contributed by atoms with Crippen molar-refractivity contribution >= 4 is 21.8 Å². The number of halogens is 1. The Kier molecular flexibility index (Phi) is 3.53. The summed E-state index contributed by atoms with van der Waals surface area (Å²) in [4.78, 5) is 15.8. The Morgan fingerprint density at radius 2 is 2.29 bits per heavy atom. The average molecular weight is 295 g/mol. The molecule has 1 amide bonds. The number of pyridine rings is 1. The Hall–Kier alpha value is -1.69. The second kappa shape index (κ2) is 5.09. The molecule has 0 radical (unpaired) electrons. The van der Waals surface area contributed by atoms with Crippen molar-refractivity contribution < 1.29 is 4.79 Å². The monoisotopic (exact) mass is 294 g/mol. The van der Waals surface area contributed by atoms with E-state index < -0.39 is 0 Å². The van der Waals surface area contributed by atoms with Gasteiger partial charge in [0.05, 0.1) is 17.8 Å². The summed E-state index contributed by atoms with van der Waals surface area (Å²) in [5.41, 5.74) is 1.48. The Morgan fingerprint density at radius 1 is 1.47 bits per heavy atom. The van der Waals surface area contributed by atoms with Gasteiger partial charge in [0.2, 0.25) is 0 Å². The van der Waals surface area contributed by atoms with Gasteiger partial charge in [-0.15, -0.1) is 0 Å². The van der Waals surface area contributed by atoms with Gasteiger partial charge >= 0.3 is 0 Å². The van der Waals surface area contributed by atoms with Crippen LogP contribution >= 0.6 is 15.9 Å². The zero-order valence-corrected chi connectivity index (χ0v) is 10.8. The van der Waals surface area contributed by atoms with Crippen molar-refractivity contribution in [1.29, 1.82) is 0 Å². The molecule has 1 N–H and O–H groups in total. The molecule has 0 aliphatic rings. The second-order valence-corrected chi connectivity index (χ2v) is 4.31. The van der Waals surface area contributed by atoms with Crippen molar-refractivity contribution in [2.45, 2.75) is 6.54 Å². The standard InChI is InChI=1S/C11H11BrN4O/c1-16-9(4-5-15-16)7-14-11(17)8-2-3-10(12)13-6-8/h2-6H,7H2,1H3,(H,14,17). The number of aryl methyl sites for hydroxylation is 1. The zero-order chi connectivity index (χ0) is 12.3. The van der Waals surface area contributed by atoms with E-state index in [1.54, 1.807) is 23.0 Å². The minimum atomic E-state index is -0.147. The molecule has 0 atom stereocenters. The van der Waals surface area contributed by atoms with Gasteiger partial charge in [-0.1, -0.05) is 0 Å². The van der Waals surface area contributed by atoms with Gasteiger partial charge in [0.25, 0.3) is 5.91 Å². The highest BCUT2D eigenvalue weighted by atomic mass is 79.9. The maximum Gasteiger partial charge on any atom is 0.253 e. The van der Waals surface area contributed by atoms with E-state index in [9.17, 15) is 4.79 Å². The van der Waals surface area contributed by atoms with Crippen LogP contribution in [0.15, 0.2) is 35.2 Å². The van der Waals surface area contributed by atoms with Gasteiger partial charge in [0, 0.05) is 19.4 Å². The van der Waals surface area contributed by atoms with Crippen LogP contribution < -0.4 is 5.32 Å². The summed E-state index contributed by atoms with van der Waals surface area (Å²) in [6.07, 6.45) is 3.23. The molecule has 5 nitrogen and oxygen atoms in total. The molecular weight excluding hydrogens is 284 g/mol. The number of hydrogen-bond acceptors (Lipinski definition) is 3. The molecule has 0 fully saturated rings. The van der Waals surface area contributed by atoms with Crippen molar-refractivity contribution in [2.75, 3.05) is 0 Å². The van der Waals surface area contributed by atoms with E-state index in [-0.39, 0.29) is 5.91 Å². The molecule has 88 valence electrons. The van der Waals surface area contributed by atoms with Gasteiger partial charge in [-0.3, -0.25) is 9.48 Å². The maximum absolute atomic E-state index is 11.8. The van der Waals surface area contributed by atoms with Crippen LogP contribution in [0.5, 0.6) is 0 Å². The van der Waals surface area contributed by atoms with Crippen molar-refractivity contribution in [1.82, 2.24) is 20.1 Å². The highest BCUT2D eigenvalue weighted by Gasteiger charge is 2.06. The smallest absolute Gasteiger partial charge is 0.253 e. The third-order valence-electron chi connectivity index (χ3n) is 2.34. The van der Waals surface area contributed by atoms with Crippen molar-refractivity contribution in [3.63, 3.8) is 0 Å². The first-order chi connectivity index (χ1) is 8.16. The third kappa shape index (κ3) is 2.91. The predicted molar refractivity (Wildman–Crippen MR) is 66.3 cm³/mol. The van der Waals surface area contributed by atoms with E-state index >= 15 is 0 Å². The number of carbonyl (C=O) groups is 1. The summed E-state index contributed by atoms with van der Waals surface area (Å²) in [7, 11) is 1.84. The first-order valence-corrected chi connectivity index (χ1v) is 5.83. The highest BCUT2D eigenvalue weighted by Crippen LogP contribution is 2.06. The molecule has 0 aliphatic carbocycles. The van der Waals surface area contributed by atoms with Crippen LogP contribution in [0, 0.1) is 0 Å². The fourth-order valence-corrected chi connectivity index (χ4v) is 1.59. The first kappa shape index (κ1) is 11.8. The summed E-state index contributed by atoms with van der Waals surface area (Å²) in [5, 5.41) is 6.83. The fourth-order valence-electron chi connectivity index (χ4n) is 1.36.